The van der Waals surface area contributed by atoms with Crippen LogP contribution in [0.25, 0.3) is 11.0 Å². The van der Waals surface area contributed by atoms with Crippen molar-refractivity contribution in [3.63, 3.8) is 0 Å². The lowest BCUT2D eigenvalue weighted by atomic mass is 10.1. The summed E-state index contributed by atoms with van der Waals surface area (Å²) in [6.07, 6.45) is 2.29. The number of carbonyl (C=O) groups is 2. The number of ether oxygens (including phenoxy) is 1. The standard InChI is InChI=1S/C22H22ClN3O4/c23-16-4-1-3-14(9-16)10-21(27)24-12-20-25-18-11-15(22(28)29)6-7-19(18)26(20)13-17-5-2-8-30-17/h1,3-4,6-7,9,11,17H,2,5,8,10,12-13H2,(H,24,27)(H,28,29). The van der Waals surface area contributed by atoms with E-state index < -0.39 is 5.97 Å². The minimum atomic E-state index is -0.998. The Morgan fingerprint density at radius 3 is 2.87 bits per heavy atom. The molecular weight excluding hydrogens is 406 g/mol. The predicted molar refractivity (Wildman–Crippen MR) is 113 cm³/mol. The summed E-state index contributed by atoms with van der Waals surface area (Å²) in [6, 6.07) is 12.1. The van der Waals surface area contributed by atoms with E-state index in [0.29, 0.717) is 22.9 Å². The molecule has 4 rings (SSSR count). The first kappa shape index (κ1) is 20.4. The van der Waals surface area contributed by atoms with Gasteiger partial charge in [-0.15, -0.1) is 0 Å². The smallest absolute Gasteiger partial charge is 0.335 e. The van der Waals surface area contributed by atoms with Gasteiger partial charge >= 0.3 is 5.97 Å². The molecule has 0 spiro atoms. The zero-order chi connectivity index (χ0) is 21.1. The molecule has 0 saturated carbocycles. The molecule has 156 valence electrons. The van der Waals surface area contributed by atoms with Crippen LogP contribution in [0.2, 0.25) is 5.02 Å². The average molecular weight is 428 g/mol. The van der Waals surface area contributed by atoms with E-state index in [4.69, 9.17) is 16.3 Å². The van der Waals surface area contributed by atoms with Crippen molar-refractivity contribution in [2.24, 2.45) is 0 Å². The number of aromatic carboxylic acids is 1. The Hall–Kier alpha value is -2.90. The molecule has 0 bridgehead atoms. The number of rotatable bonds is 7. The molecule has 2 heterocycles. The summed E-state index contributed by atoms with van der Waals surface area (Å²) in [5.41, 5.74) is 2.43. The average Bonchev–Trinajstić information content (AvgIpc) is 3.34. The minimum Gasteiger partial charge on any atom is -0.478 e. The number of imidazole rings is 1. The van der Waals surface area contributed by atoms with Crippen LogP contribution in [-0.4, -0.2) is 39.2 Å². The second-order valence-electron chi connectivity index (χ2n) is 7.37. The van der Waals surface area contributed by atoms with E-state index in [1.165, 1.54) is 0 Å². The Kier molecular flexibility index (Phi) is 6.01. The second kappa shape index (κ2) is 8.85. The van der Waals surface area contributed by atoms with Crippen LogP contribution in [0.1, 0.15) is 34.6 Å². The van der Waals surface area contributed by atoms with Gasteiger partial charge in [-0.05, 0) is 48.7 Å². The highest BCUT2D eigenvalue weighted by Gasteiger charge is 2.21. The van der Waals surface area contributed by atoms with E-state index in [1.807, 2.05) is 16.7 Å². The highest BCUT2D eigenvalue weighted by molar-refractivity contribution is 6.30. The van der Waals surface area contributed by atoms with Crippen LogP contribution in [0.15, 0.2) is 42.5 Å². The van der Waals surface area contributed by atoms with Gasteiger partial charge < -0.3 is 19.7 Å². The Morgan fingerprint density at radius 2 is 2.13 bits per heavy atom. The Labute approximate surface area is 178 Å². The molecule has 1 fully saturated rings. The lowest BCUT2D eigenvalue weighted by Crippen LogP contribution is -2.27. The summed E-state index contributed by atoms with van der Waals surface area (Å²) >= 11 is 5.98. The molecule has 8 heteroatoms. The number of hydrogen-bond acceptors (Lipinski definition) is 4. The van der Waals surface area contributed by atoms with Crippen LogP contribution in [0.3, 0.4) is 0 Å². The first-order chi connectivity index (χ1) is 14.5. The summed E-state index contributed by atoms with van der Waals surface area (Å²) in [6.45, 7) is 1.60. The summed E-state index contributed by atoms with van der Waals surface area (Å²) in [5, 5.41) is 12.8. The number of carbonyl (C=O) groups excluding carboxylic acids is 1. The van der Waals surface area contributed by atoms with Gasteiger partial charge in [-0.3, -0.25) is 4.79 Å². The molecule has 1 amide bonds. The quantitative estimate of drug-likeness (QED) is 0.602. The molecule has 1 aliphatic rings. The van der Waals surface area contributed by atoms with Gasteiger partial charge in [-0.1, -0.05) is 23.7 Å². The van der Waals surface area contributed by atoms with Crippen molar-refractivity contribution in [1.82, 2.24) is 14.9 Å². The normalized spacial score (nSPS) is 16.1. The number of carboxylic acids is 1. The number of amides is 1. The second-order valence-corrected chi connectivity index (χ2v) is 7.80. The number of halogens is 1. The van der Waals surface area contributed by atoms with E-state index >= 15 is 0 Å². The van der Waals surface area contributed by atoms with Crippen LogP contribution in [0.4, 0.5) is 0 Å². The van der Waals surface area contributed by atoms with Crippen molar-refractivity contribution in [3.8, 4) is 0 Å². The van der Waals surface area contributed by atoms with Gasteiger partial charge in [0.15, 0.2) is 0 Å². The zero-order valence-electron chi connectivity index (χ0n) is 16.3. The van der Waals surface area contributed by atoms with E-state index in [1.54, 1.807) is 30.3 Å². The van der Waals surface area contributed by atoms with Crippen molar-refractivity contribution in [3.05, 3.63) is 64.4 Å². The van der Waals surface area contributed by atoms with Crippen molar-refractivity contribution < 1.29 is 19.4 Å². The molecule has 1 saturated heterocycles. The Morgan fingerprint density at radius 1 is 1.27 bits per heavy atom. The first-order valence-electron chi connectivity index (χ1n) is 9.85. The molecular formula is C22H22ClN3O4. The third-order valence-corrected chi connectivity index (χ3v) is 5.42. The maximum Gasteiger partial charge on any atom is 0.335 e. The van der Waals surface area contributed by atoms with Crippen LogP contribution >= 0.6 is 11.6 Å². The van der Waals surface area contributed by atoms with Gasteiger partial charge in [0.1, 0.15) is 5.82 Å². The maximum absolute atomic E-state index is 12.4. The fourth-order valence-electron chi connectivity index (χ4n) is 3.72. The number of benzene rings is 2. The lowest BCUT2D eigenvalue weighted by molar-refractivity contribution is -0.120. The number of nitrogens with zero attached hydrogens (tertiary/aromatic N) is 2. The molecule has 1 atom stereocenters. The molecule has 0 radical (unpaired) electrons. The van der Waals surface area contributed by atoms with Crippen LogP contribution in [0.5, 0.6) is 0 Å². The number of hydrogen-bond donors (Lipinski definition) is 2. The molecule has 2 aromatic carbocycles. The topological polar surface area (TPSA) is 93.5 Å². The maximum atomic E-state index is 12.4. The highest BCUT2D eigenvalue weighted by Crippen LogP contribution is 2.22. The van der Waals surface area contributed by atoms with Crippen molar-refractivity contribution >= 4 is 34.5 Å². The number of fused-ring (bicyclic) bond motifs is 1. The summed E-state index contributed by atoms with van der Waals surface area (Å²) < 4.78 is 7.78. The Bertz CT molecular complexity index is 1090. The third-order valence-electron chi connectivity index (χ3n) is 5.18. The number of aromatic nitrogens is 2. The SMILES string of the molecule is O=C(Cc1cccc(Cl)c1)NCc1nc2cc(C(=O)O)ccc2n1CC1CCCO1. The lowest BCUT2D eigenvalue weighted by Gasteiger charge is -2.14. The molecule has 30 heavy (non-hydrogen) atoms. The van der Waals surface area contributed by atoms with E-state index in [0.717, 1.165) is 30.5 Å². The van der Waals surface area contributed by atoms with E-state index in [-0.39, 0.29) is 30.5 Å². The van der Waals surface area contributed by atoms with E-state index in [2.05, 4.69) is 10.3 Å². The molecule has 3 aromatic rings. The first-order valence-corrected chi connectivity index (χ1v) is 10.2. The molecule has 1 aliphatic heterocycles. The van der Waals surface area contributed by atoms with E-state index in [9.17, 15) is 14.7 Å². The highest BCUT2D eigenvalue weighted by atomic mass is 35.5. The van der Waals surface area contributed by atoms with Crippen LogP contribution in [0, 0.1) is 0 Å². The molecule has 1 unspecified atom stereocenters. The van der Waals surface area contributed by atoms with Gasteiger partial charge in [0.05, 0.1) is 42.2 Å². The summed E-state index contributed by atoms with van der Waals surface area (Å²) in [7, 11) is 0. The zero-order valence-corrected chi connectivity index (χ0v) is 17.1. The minimum absolute atomic E-state index is 0.0856. The van der Waals surface area contributed by atoms with Gasteiger partial charge in [0.25, 0.3) is 0 Å². The van der Waals surface area contributed by atoms with Gasteiger partial charge in [0.2, 0.25) is 5.91 Å². The molecule has 7 nitrogen and oxygen atoms in total. The Balaban J connectivity index is 1.54. The van der Waals surface area contributed by atoms with Crippen LogP contribution < -0.4 is 5.32 Å². The van der Waals surface area contributed by atoms with Crippen molar-refractivity contribution in [2.45, 2.75) is 38.5 Å². The van der Waals surface area contributed by atoms with Crippen LogP contribution in [-0.2, 0) is 29.0 Å². The van der Waals surface area contributed by atoms with Gasteiger partial charge in [0, 0.05) is 11.6 Å². The molecule has 1 aromatic heterocycles. The third kappa shape index (κ3) is 4.63. The fraction of sp³-hybridized carbons (Fsp3) is 0.318. The van der Waals surface area contributed by atoms with Crippen molar-refractivity contribution in [1.29, 1.82) is 0 Å². The van der Waals surface area contributed by atoms with Gasteiger partial charge in [-0.25, -0.2) is 9.78 Å². The largest absolute Gasteiger partial charge is 0.478 e. The van der Waals surface area contributed by atoms with Gasteiger partial charge in [-0.2, -0.15) is 0 Å². The van der Waals surface area contributed by atoms with Crippen molar-refractivity contribution in [2.75, 3.05) is 6.61 Å². The number of nitrogens with one attached hydrogen (secondary N) is 1. The fourth-order valence-corrected chi connectivity index (χ4v) is 3.93. The predicted octanol–water partition coefficient (Wildman–Crippen LogP) is 3.43. The molecule has 2 N–H and O–H groups in total. The number of carboxylic acid groups (broad SMARTS) is 1. The summed E-state index contributed by atoms with van der Waals surface area (Å²) in [5.74, 6) is -0.469. The summed E-state index contributed by atoms with van der Waals surface area (Å²) in [4.78, 5) is 28.3. The monoisotopic (exact) mass is 427 g/mol. The molecule has 0 aliphatic carbocycles.